The number of hydrogen-bond acceptors (Lipinski definition) is 4. The van der Waals surface area contributed by atoms with Gasteiger partial charge in [-0.2, -0.15) is 0 Å². The molecule has 30 heavy (non-hydrogen) atoms. The average Bonchev–Trinajstić information content (AvgIpc) is 2.65. The Bertz CT molecular complexity index is 946. The van der Waals surface area contributed by atoms with Gasteiger partial charge in [-0.05, 0) is 75.6 Å². The first-order valence-electron chi connectivity index (χ1n) is 9.86. The van der Waals surface area contributed by atoms with E-state index in [1.54, 1.807) is 0 Å². The first-order chi connectivity index (χ1) is 14.1. The zero-order valence-corrected chi connectivity index (χ0v) is 18.6. The highest BCUT2D eigenvalue weighted by Crippen LogP contribution is 2.21. The highest BCUT2D eigenvalue weighted by atomic mass is 32.2. The van der Waals surface area contributed by atoms with Crippen molar-refractivity contribution in [2.45, 2.75) is 45.8 Å². The molecule has 1 amide bonds. The molecule has 0 aromatic heterocycles. The summed E-state index contributed by atoms with van der Waals surface area (Å²) in [5.74, 6) is -0.0861. The Morgan fingerprint density at radius 3 is 2.40 bits per heavy atom. The number of rotatable bonds is 10. The van der Waals surface area contributed by atoms with Crippen molar-refractivity contribution in [3.63, 3.8) is 0 Å². The number of carbonyl (C=O) groups excluding carboxylic acids is 1. The van der Waals surface area contributed by atoms with Gasteiger partial charge in [0, 0.05) is 6.54 Å². The van der Waals surface area contributed by atoms with E-state index < -0.39 is 27.8 Å². The maximum atomic E-state index is 13.2. The number of carbonyl (C=O) groups is 1. The topological polar surface area (TPSA) is 75.7 Å². The maximum absolute atomic E-state index is 13.2. The molecule has 1 atom stereocenters. The van der Waals surface area contributed by atoms with E-state index in [9.17, 15) is 17.6 Å². The molecule has 0 bridgehead atoms. The lowest BCUT2D eigenvalue weighted by molar-refractivity contribution is -0.121. The van der Waals surface area contributed by atoms with Gasteiger partial charge in [0.2, 0.25) is 15.9 Å². The van der Waals surface area contributed by atoms with Crippen molar-refractivity contribution in [2.24, 2.45) is 0 Å². The van der Waals surface area contributed by atoms with Crippen LogP contribution in [0.25, 0.3) is 0 Å². The molecule has 0 saturated heterocycles. The summed E-state index contributed by atoms with van der Waals surface area (Å²) in [6.07, 6.45) is 2.56. The van der Waals surface area contributed by atoms with E-state index in [1.807, 2.05) is 38.1 Å². The van der Waals surface area contributed by atoms with Crippen LogP contribution in [0.15, 0.2) is 48.5 Å². The van der Waals surface area contributed by atoms with Crippen molar-refractivity contribution in [3.8, 4) is 5.75 Å². The number of nitrogens with zero attached hydrogens (tertiary/aromatic N) is 1. The van der Waals surface area contributed by atoms with Crippen LogP contribution in [0.4, 0.5) is 10.1 Å². The van der Waals surface area contributed by atoms with Crippen molar-refractivity contribution in [3.05, 3.63) is 59.9 Å². The number of hydrogen-bond donors (Lipinski definition) is 1. The van der Waals surface area contributed by atoms with E-state index in [-0.39, 0.29) is 11.8 Å². The zero-order chi connectivity index (χ0) is 22.3. The van der Waals surface area contributed by atoms with Crippen molar-refractivity contribution >= 4 is 21.6 Å². The summed E-state index contributed by atoms with van der Waals surface area (Å²) < 4.78 is 44.3. The standard InChI is InChI=1S/C22H29FN2O4S/c1-16(2)29-21-9-5-7-18(15-21)8-6-14-24-22(26)17(3)25(30(4,27)28)20-12-10-19(23)11-13-20/h5,7,9-13,15-17H,6,8,14H2,1-4H3,(H,24,26)/t17-/m1/s1. The Balaban J connectivity index is 1.93. The van der Waals surface area contributed by atoms with Gasteiger partial charge in [-0.15, -0.1) is 0 Å². The van der Waals surface area contributed by atoms with Crippen LogP contribution in [0.2, 0.25) is 0 Å². The number of amides is 1. The lowest BCUT2D eigenvalue weighted by atomic mass is 10.1. The van der Waals surface area contributed by atoms with Crippen LogP contribution in [-0.4, -0.2) is 39.3 Å². The van der Waals surface area contributed by atoms with Crippen LogP contribution >= 0.6 is 0 Å². The molecule has 0 fully saturated rings. The largest absolute Gasteiger partial charge is 0.491 e. The molecular formula is C22H29FN2O4S. The Kier molecular flexibility index (Phi) is 8.23. The van der Waals surface area contributed by atoms with E-state index in [2.05, 4.69) is 5.32 Å². The van der Waals surface area contributed by atoms with Crippen molar-refractivity contribution in [2.75, 3.05) is 17.1 Å². The van der Waals surface area contributed by atoms with Gasteiger partial charge in [-0.3, -0.25) is 9.10 Å². The molecule has 164 valence electrons. The number of nitrogens with one attached hydrogen (secondary N) is 1. The summed E-state index contributed by atoms with van der Waals surface area (Å²) in [5, 5.41) is 2.78. The van der Waals surface area contributed by atoms with Gasteiger partial charge in [-0.1, -0.05) is 12.1 Å². The van der Waals surface area contributed by atoms with Gasteiger partial charge in [0.25, 0.3) is 0 Å². The van der Waals surface area contributed by atoms with Gasteiger partial charge in [0.05, 0.1) is 18.0 Å². The minimum Gasteiger partial charge on any atom is -0.491 e. The van der Waals surface area contributed by atoms with Crippen LogP contribution in [0.1, 0.15) is 32.8 Å². The third-order valence-corrected chi connectivity index (χ3v) is 5.62. The molecule has 0 spiro atoms. The van der Waals surface area contributed by atoms with E-state index in [4.69, 9.17) is 4.74 Å². The van der Waals surface area contributed by atoms with Gasteiger partial charge in [0.15, 0.2) is 0 Å². The first kappa shape index (κ1) is 23.7. The summed E-state index contributed by atoms with van der Waals surface area (Å²) in [6.45, 7) is 5.84. The predicted molar refractivity (Wildman–Crippen MR) is 117 cm³/mol. The molecule has 0 saturated carbocycles. The Morgan fingerprint density at radius 1 is 1.13 bits per heavy atom. The van der Waals surface area contributed by atoms with Crippen molar-refractivity contribution in [1.82, 2.24) is 5.32 Å². The predicted octanol–water partition coefficient (Wildman–Crippen LogP) is 3.52. The molecule has 8 heteroatoms. The van der Waals surface area contributed by atoms with Crippen LogP contribution in [0, 0.1) is 5.82 Å². The fourth-order valence-electron chi connectivity index (χ4n) is 3.10. The molecule has 0 aliphatic rings. The second kappa shape index (κ2) is 10.4. The minimum atomic E-state index is -3.73. The monoisotopic (exact) mass is 436 g/mol. The van der Waals surface area contributed by atoms with Crippen LogP contribution < -0.4 is 14.4 Å². The van der Waals surface area contributed by atoms with Crippen LogP contribution in [0.5, 0.6) is 5.75 Å². The fourth-order valence-corrected chi connectivity index (χ4v) is 4.27. The third kappa shape index (κ3) is 7.02. The second-order valence-electron chi connectivity index (χ2n) is 7.42. The number of aryl methyl sites for hydroxylation is 1. The van der Waals surface area contributed by atoms with Gasteiger partial charge >= 0.3 is 0 Å². The molecular weight excluding hydrogens is 407 g/mol. The Labute approximate surface area is 178 Å². The SMILES string of the molecule is CC(C)Oc1cccc(CCCNC(=O)[C@@H](C)N(c2ccc(F)cc2)S(C)(=O)=O)c1. The second-order valence-corrected chi connectivity index (χ2v) is 9.28. The molecule has 1 N–H and O–H groups in total. The number of halogens is 1. The molecule has 2 aromatic carbocycles. The number of ether oxygens (including phenoxy) is 1. The summed E-state index contributed by atoms with van der Waals surface area (Å²) in [6, 6.07) is 11.8. The van der Waals surface area contributed by atoms with E-state index in [0.717, 1.165) is 40.4 Å². The normalized spacial score (nSPS) is 12.5. The number of anilines is 1. The molecule has 2 aromatic rings. The van der Waals surface area contributed by atoms with E-state index in [0.29, 0.717) is 13.0 Å². The van der Waals surface area contributed by atoms with E-state index in [1.165, 1.54) is 19.1 Å². The first-order valence-corrected chi connectivity index (χ1v) is 11.7. The highest BCUT2D eigenvalue weighted by Gasteiger charge is 2.28. The zero-order valence-electron chi connectivity index (χ0n) is 17.8. The average molecular weight is 437 g/mol. The Hall–Kier alpha value is -2.61. The smallest absolute Gasteiger partial charge is 0.243 e. The molecule has 0 aliphatic carbocycles. The minimum absolute atomic E-state index is 0.0972. The molecule has 6 nitrogen and oxygen atoms in total. The summed E-state index contributed by atoms with van der Waals surface area (Å²) in [5.41, 5.74) is 1.34. The lowest BCUT2D eigenvalue weighted by Gasteiger charge is -2.28. The molecule has 0 aliphatic heterocycles. The Morgan fingerprint density at radius 2 is 1.80 bits per heavy atom. The highest BCUT2D eigenvalue weighted by molar-refractivity contribution is 7.92. The van der Waals surface area contributed by atoms with Crippen molar-refractivity contribution in [1.29, 1.82) is 0 Å². The van der Waals surface area contributed by atoms with Gasteiger partial charge in [-0.25, -0.2) is 12.8 Å². The van der Waals surface area contributed by atoms with Gasteiger partial charge < -0.3 is 10.1 Å². The van der Waals surface area contributed by atoms with E-state index >= 15 is 0 Å². The van der Waals surface area contributed by atoms with Crippen molar-refractivity contribution < 1.29 is 22.3 Å². The third-order valence-electron chi connectivity index (χ3n) is 4.38. The van der Waals surface area contributed by atoms with Gasteiger partial charge in [0.1, 0.15) is 17.6 Å². The molecule has 2 rings (SSSR count). The number of sulfonamides is 1. The molecule has 0 radical (unpaired) electrons. The van der Waals surface area contributed by atoms with Crippen LogP contribution in [-0.2, 0) is 21.2 Å². The molecule has 0 unspecified atom stereocenters. The molecule has 0 heterocycles. The lowest BCUT2D eigenvalue weighted by Crippen LogP contribution is -2.48. The fraction of sp³-hybridized carbons (Fsp3) is 0.409. The van der Waals surface area contributed by atoms with Crippen LogP contribution in [0.3, 0.4) is 0 Å². The summed E-state index contributed by atoms with van der Waals surface area (Å²) in [4.78, 5) is 12.5. The maximum Gasteiger partial charge on any atom is 0.243 e. The summed E-state index contributed by atoms with van der Waals surface area (Å²) in [7, 11) is -3.73. The summed E-state index contributed by atoms with van der Waals surface area (Å²) >= 11 is 0. The quantitative estimate of drug-likeness (QED) is 0.578. The number of benzene rings is 2.